The van der Waals surface area contributed by atoms with Crippen LogP contribution >= 0.6 is 11.3 Å². The van der Waals surface area contributed by atoms with Crippen LogP contribution in [0.1, 0.15) is 43.7 Å². The minimum absolute atomic E-state index is 0.480. The molecule has 2 unspecified atom stereocenters. The van der Waals surface area contributed by atoms with Gasteiger partial charge in [-0.25, -0.2) is 4.98 Å². The Morgan fingerprint density at radius 1 is 1.44 bits per heavy atom. The van der Waals surface area contributed by atoms with Crippen LogP contribution in [-0.2, 0) is 0 Å². The van der Waals surface area contributed by atoms with E-state index >= 15 is 0 Å². The third-order valence-electron chi connectivity index (χ3n) is 4.16. The number of thiazole rings is 1. The third kappa shape index (κ3) is 3.11. The van der Waals surface area contributed by atoms with E-state index in [1.54, 1.807) is 11.3 Å². The fourth-order valence-corrected chi connectivity index (χ4v) is 3.54. The van der Waals surface area contributed by atoms with Crippen molar-refractivity contribution in [1.29, 1.82) is 0 Å². The minimum atomic E-state index is 0.480. The maximum absolute atomic E-state index is 4.50. The molecule has 1 aliphatic heterocycles. The highest BCUT2D eigenvalue weighted by atomic mass is 32.1. The summed E-state index contributed by atoms with van der Waals surface area (Å²) in [4.78, 5) is 7.15. The van der Waals surface area contributed by atoms with Crippen molar-refractivity contribution < 1.29 is 0 Å². The summed E-state index contributed by atoms with van der Waals surface area (Å²) in [6, 6.07) is 1.18. The van der Waals surface area contributed by atoms with Gasteiger partial charge in [0.1, 0.15) is 5.01 Å². The first-order valence-electron chi connectivity index (χ1n) is 7.20. The average Bonchev–Trinajstić information content (AvgIpc) is 2.88. The zero-order chi connectivity index (χ0) is 12.4. The van der Waals surface area contributed by atoms with Crippen LogP contribution in [0.25, 0.3) is 0 Å². The number of nitrogens with one attached hydrogen (secondary N) is 1. The lowest BCUT2D eigenvalue weighted by molar-refractivity contribution is 0.184. The summed E-state index contributed by atoms with van der Waals surface area (Å²) in [6.07, 6.45) is 7.47. The van der Waals surface area contributed by atoms with Gasteiger partial charge >= 0.3 is 0 Å². The highest BCUT2D eigenvalue weighted by Gasteiger charge is 2.29. The Labute approximate surface area is 114 Å². The molecule has 2 heterocycles. The van der Waals surface area contributed by atoms with E-state index in [1.165, 1.54) is 50.3 Å². The predicted octanol–water partition coefficient (Wildman–Crippen LogP) is 2.67. The molecule has 3 nitrogen and oxygen atoms in total. The van der Waals surface area contributed by atoms with Crippen molar-refractivity contribution in [3.8, 4) is 0 Å². The van der Waals surface area contributed by atoms with Crippen molar-refractivity contribution in [3.63, 3.8) is 0 Å². The number of hydrogen-bond donors (Lipinski definition) is 1. The van der Waals surface area contributed by atoms with Gasteiger partial charge in [-0.2, -0.15) is 0 Å². The molecule has 3 rings (SSSR count). The Kier molecular flexibility index (Phi) is 3.97. The van der Waals surface area contributed by atoms with Gasteiger partial charge in [0.05, 0.1) is 6.04 Å². The summed E-state index contributed by atoms with van der Waals surface area (Å²) < 4.78 is 0. The van der Waals surface area contributed by atoms with Gasteiger partial charge in [-0.15, -0.1) is 11.3 Å². The maximum Gasteiger partial charge on any atom is 0.109 e. The monoisotopic (exact) mass is 265 g/mol. The van der Waals surface area contributed by atoms with Gasteiger partial charge in [0.25, 0.3) is 0 Å². The fourth-order valence-electron chi connectivity index (χ4n) is 2.82. The zero-order valence-electron chi connectivity index (χ0n) is 11.1. The maximum atomic E-state index is 4.50. The lowest BCUT2D eigenvalue weighted by Gasteiger charge is -2.30. The molecule has 1 aromatic rings. The van der Waals surface area contributed by atoms with E-state index in [9.17, 15) is 0 Å². The van der Waals surface area contributed by atoms with Crippen LogP contribution in [0.3, 0.4) is 0 Å². The molecule has 2 aliphatic rings. The molecule has 100 valence electrons. The van der Waals surface area contributed by atoms with Gasteiger partial charge in [0, 0.05) is 30.7 Å². The quantitative estimate of drug-likeness (QED) is 0.857. The second-order valence-corrected chi connectivity index (χ2v) is 6.66. The van der Waals surface area contributed by atoms with Gasteiger partial charge in [-0.1, -0.05) is 0 Å². The molecule has 1 aromatic heterocycles. The van der Waals surface area contributed by atoms with Gasteiger partial charge in [0.15, 0.2) is 0 Å². The average molecular weight is 265 g/mol. The van der Waals surface area contributed by atoms with E-state index in [0.29, 0.717) is 12.1 Å². The SMILES string of the molecule is CC(c1nccs1)N(CC1CC1)CC1CCCN1. The molecule has 0 aromatic carbocycles. The molecule has 1 aliphatic carbocycles. The molecule has 0 radical (unpaired) electrons. The Morgan fingerprint density at radius 3 is 2.94 bits per heavy atom. The lowest BCUT2D eigenvalue weighted by atomic mass is 10.1. The molecule has 1 saturated heterocycles. The largest absolute Gasteiger partial charge is 0.313 e. The summed E-state index contributed by atoms with van der Waals surface area (Å²) in [5, 5.41) is 6.99. The normalized spacial score (nSPS) is 25.8. The summed E-state index contributed by atoms with van der Waals surface area (Å²) in [5.74, 6) is 0.953. The number of hydrogen-bond acceptors (Lipinski definition) is 4. The molecule has 1 N–H and O–H groups in total. The highest BCUT2D eigenvalue weighted by molar-refractivity contribution is 7.09. The van der Waals surface area contributed by atoms with Gasteiger partial charge in [0.2, 0.25) is 0 Å². The zero-order valence-corrected chi connectivity index (χ0v) is 12.0. The molecule has 2 fully saturated rings. The standard InChI is InChI=1S/C14H23N3S/c1-11(14-16-7-8-18-14)17(9-12-4-5-12)10-13-3-2-6-15-13/h7-8,11-13,15H,2-6,9-10H2,1H3. The van der Waals surface area contributed by atoms with Gasteiger partial charge < -0.3 is 5.32 Å². The Balaban J connectivity index is 1.63. The van der Waals surface area contributed by atoms with Gasteiger partial charge in [-0.05, 0) is 45.1 Å². The lowest BCUT2D eigenvalue weighted by Crippen LogP contribution is -2.40. The van der Waals surface area contributed by atoms with Crippen LogP contribution < -0.4 is 5.32 Å². The van der Waals surface area contributed by atoms with Crippen LogP contribution in [0, 0.1) is 5.92 Å². The first-order chi connectivity index (χ1) is 8.83. The van der Waals surface area contributed by atoms with Crippen molar-refractivity contribution in [2.24, 2.45) is 5.92 Å². The molecular weight excluding hydrogens is 242 g/mol. The molecule has 0 spiro atoms. The highest BCUT2D eigenvalue weighted by Crippen LogP contribution is 2.33. The van der Waals surface area contributed by atoms with E-state index in [1.807, 2.05) is 6.20 Å². The minimum Gasteiger partial charge on any atom is -0.313 e. The predicted molar refractivity (Wildman–Crippen MR) is 75.9 cm³/mol. The summed E-state index contributed by atoms with van der Waals surface area (Å²) >= 11 is 1.79. The van der Waals surface area contributed by atoms with Crippen LogP contribution in [0.15, 0.2) is 11.6 Å². The molecule has 0 bridgehead atoms. The molecule has 18 heavy (non-hydrogen) atoms. The fraction of sp³-hybridized carbons (Fsp3) is 0.786. The van der Waals surface area contributed by atoms with E-state index in [0.717, 1.165) is 5.92 Å². The van der Waals surface area contributed by atoms with E-state index in [-0.39, 0.29) is 0 Å². The second kappa shape index (κ2) is 5.68. The topological polar surface area (TPSA) is 28.2 Å². The van der Waals surface area contributed by atoms with E-state index in [4.69, 9.17) is 0 Å². The van der Waals surface area contributed by atoms with Crippen LogP contribution in [0.5, 0.6) is 0 Å². The number of nitrogens with zero attached hydrogens (tertiary/aromatic N) is 2. The van der Waals surface area contributed by atoms with Crippen LogP contribution in [-0.4, -0.2) is 35.6 Å². The summed E-state index contributed by atoms with van der Waals surface area (Å²) in [6.45, 7) is 5.97. The molecule has 4 heteroatoms. The van der Waals surface area contributed by atoms with Crippen LogP contribution in [0.2, 0.25) is 0 Å². The van der Waals surface area contributed by atoms with Crippen LogP contribution in [0.4, 0.5) is 0 Å². The summed E-state index contributed by atoms with van der Waals surface area (Å²) in [7, 11) is 0. The second-order valence-electron chi connectivity index (χ2n) is 5.74. The Bertz CT molecular complexity index is 355. The first kappa shape index (κ1) is 12.6. The smallest absolute Gasteiger partial charge is 0.109 e. The Morgan fingerprint density at radius 2 is 2.33 bits per heavy atom. The third-order valence-corrected chi connectivity index (χ3v) is 5.11. The van der Waals surface area contributed by atoms with Gasteiger partial charge in [-0.3, -0.25) is 4.90 Å². The Hall–Kier alpha value is -0.450. The summed E-state index contributed by atoms with van der Waals surface area (Å²) in [5.41, 5.74) is 0. The molecular formula is C14H23N3S. The molecule has 0 amide bonds. The van der Waals surface area contributed by atoms with Crippen molar-refractivity contribution >= 4 is 11.3 Å². The molecule has 2 atom stereocenters. The van der Waals surface area contributed by atoms with Crippen molar-refractivity contribution in [2.45, 2.75) is 44.7 Å². The van der Waals surface area contributed by atoms with Crippen molar-refractivity contribution in [1.82, 2.24) is 15.2 Å². The molecule has 1 saturated carbocycles. The van der Waals surface area contributed by atoms with E-state index < -0.39 is 0 Å². The van der Waals surface area contributed by atoms with Crippen molar-refractivity contribution in [2.75, 3.05) is 19.6 Å². The number of rotatable bonds is 6. The van der Waals surface area contributed by atoms with E-state index in [2.05, 4.69) is 27.5 Å². The number of aromatic nitrogens is 1. The first-order valence-corrected chi connectivity index (χ1v) is 8.07. The van der Waals surface area contributed by atoms with Crippen molar-refractivity contribution in [3.05, 3.63) is 16.6 Å².